The SMILES string of the molecule is OCC(O)C(O)C(O)C(O)/C=N/c1nc2ccc(Sc3ccccc3)cc2[nH]1. The smallest absolute Gasteiger partial charge is 0.227 e. The second-order valence-electron chi connectivity index (χ2n) is 6.15. The van der Waals surface area contributed by atoms with Crippen LogP contribution < -0.4 is 0 Å². The summed E-state index contributed by atoms with van der Waals surface area (Å²) in [6.45, 7) is -0.741. The number of aromatic amines is 1. The molecule has 0 aliphatic carbocycles. The Balaban J connectivity index is 1.71. The van der Waals surface area contributed by atoms with E-state index in [2.05, 4.69) is 15.0 Å². The monoisotopic (exact) mass is 403 g/mol. The van der Waals surface area contributed by atoms with Crippen molar-refractivity contribution in [1.82, 2.24) is 9.97 Å². The van der Waals surface area contributed by atoms with E-state index in [0.29, 0.717) is 5.52 Å². The summed E-state index contributed by atoms with van der Waals surface area (Å²) in [5.41, 5.74) is 1.45. The average Bonchev–Trinajstić information content (AvgIpc) is 3.13. The standard InChI is InChI=1S/C19H21N3O5S/c23-10-16(25)18(27)17(26)15(24)9-20-19-21-13-7-6-12(8-14(13)22-19)28-11-4-2-1-3-5-11/h1-9,15-18,23-27H,10H2,(H,21,22)/b20-9+. The average molecular weight is 403 g/mol. The zero-order valence-electron chi connectivity index (χ0n) is 14.8. The van der Waals surface area contributed by atoms with Gasteiger partial charge >= 0.3 is 0 Å². The van der Waals surface area contributed by atoms with Gasteiger partial charge in [0.1, 0.15) is 24.4 Å². The van der Waals surface area contributed by atoms with Gasteiger partial charge in [-0.05, 0) is 30.3 Å². The first-order valence-electron chi connectivity index (χ1n) is 8.58. The molecule has 3 aromatic rings. The largest absolute Gasteiger partial charge is 0.394 e. The number of aromatic nitrogens is 2. The first-order valence-corrected chi connectivity index (χ1v) is 9.39. The lowest BCUT2D eigenvalue weighted by Gasteiger charge is -2.23. The van der Waals surface area contributed by atoms with Crippen molar-refractivity contribution in [2.45, 2.75) is 34.2 Å². The molecule has 3 rings (SSSR count). The molecule has 1 heterocycles. The van der Waals surface area contributed by atoms with E-state index in [4.69, 9.17) is 5.11 Å². The van der Waals surface area contributed by atoms with E-state index in [1.165, 1.54) is 0 Å². The summed E-state index contributed by atoms with van der Waals surface area (Å²) in [6, 6.07) is 15.7. The van der Waals surface area contributed by atoms with Gasteiger partial charge in [0.2, 0.25) is 5.95 Å². The number of rotatable bonds is 8. The minimum absolute atomic E-state index is 0.223. The van der Waals surface area contributed by atoms with Crippen LogP contribution in [0.3, 0.4) is 0 Å². The Labute approximate surface area is 165 Å². The fourth-order valence-corrected chi connectivity index (χ4v) is 3.38. The number of aliphatic hydroxyl groups excluding tert-OH is 5. The molecule has 0 saturated heterocycles. The summed E-state index contributed by atoms with van der Waals surface area (Å²) in [7, 11) is 0. The predicted octanol–water partition coefficient (Wildman–Crippen LogP) is 0.852. The van der Waals surface area contributed by atoms with Gasteiger partial charge in [-0.1, -0.05) is 30.0 Å². The van der Waals surface area contributed by atoms with Crippen LogP contribution in [-0.4, -0.2) is 72.7 Å². The Morgan fingerprint density at radius 3 is 2.46 bits per heavy atom. The fourth-order valence-electron chi connectivity index (χ4n) is 2.50. The number of imidazole rings is 1. The third-order valence-electron chi connectivity index (χ3n) is 4.05. The van der Waals surface area contributed by atoms with Crippen molar-refractivity contribution in [3.63, 3.8) is 0 Å². The molecule has 4 unspecified atom stereocenters. The number of hydrogen-bond acceptors (Lipinski definition) is 8. The van der Waals surface area contributed by atoms with Crippen LogP contribution in [0.15, 0.2) is 63.3 Å². The van der Waals surface area contributed by atoms with Gasteiger partial charge in [-0.25, -0.2) is 9.98 Å². The lowest BCUT2D eigenvalue weighted by Crippen LogP contribution is -2.46. The van der Waals surface area contributed by atoms with E-state index in [0.717, 1.165) is 21.5 Å². The molecule has 0 aliphatic rings. The van der Waals surface area contributed by atoms with E-state index < -0.39 is 31.0 Å². The van der Waals surface area contributed by atoms with Gasteiger partial charge in [0, 0.05) is 16.0 Å². The second kappa shape index (κ2) is 9.28. The summed E-state index contributed by atoms with van der Waals surface area (Å²) in [5.74, 6) is 0.223. The second-order valence-corrected chi connectivity index (χ2v) is 7.30. The number of aliphatic imine (C=N–C) groups is 1. The molecule has 0 fully saturated rings. The zero-order chi connectivity index (χ0) is 20.1. The van der Waals surface area contributed by atoms with E-state index >= 15 is 0 Å². The third-order valence-corrected chi connectivity index (χ3v) is 5.05. The maximum atomic E-state index is 9.88. The number of hydrogen-bond donors (Lipinski definition) is 6. The molecule has 28 heavy (non-hydrogen) atoms. The van der Waals surface area contributed by atoms with Gasteiger partial charge in [-0.3, -0.25) is 0 Å². The van der Waals surface area contributed by atoms with Gasteiger partial charge in [-0.15, -0.1) is 0 Å². The molecule has 1 aromatic heterocycles. The molecule has 6 N–H and O–H groups in total. The number of nitrogens with one attached hydrogen (secondary N) is 1. The number of benzene rings is 2. The van der Waals surface area contributed by atoms with Gasteiger partial charge in [-0.2, -0.15) is 0 Å². The van der Waals surface area contributed by atoms with Crippen molar-refractivity contribution < 1.29 is 25.5 Å². The Hall–Kier alpha value is -2.27. The first kappa shape index (κ1) is 20.5. The van der Waals surface area contributed by atoms with Gasteiger partial charge in [0.15, 0.2) is 0 Å². The normalized spacial score (nSPS) is 16.3. The van der Waals surface area contributed by atoms with Crippen LogP contribution in [0.25, 0.3) is 11.0 Å². The molecule has 0 spiro atoms. The fraction of sp³-hybridized carbons (Fsp3) is 0.263. The molecule has 8 nitrogen and oxygen atoms in total. The zero-order valence-corrected chi connectivity index (χ0v) is 15.6. The van der Waals surface area contributed by atoms with Crippen LogP contribution in [0.4, 0.5) is 5.95 Å². The number of fused-ring (bicyclic) bond motifs is 1. The van der Waals surface area contributed by atoms with E-state index in [1.807, 2.05) is 48.5 Å². The third kappa shape index (κ3) is 4.96. The van der Waals surface area contributed by atoms with Crippen LogP contribution in [0.2, 0.25) is 0 Å². The molecule has 2 aromatic carbocycles. The molecule has 0 bridgehead atoms. The van der Waals surface area contributed by atoms with Crippen molar-refractivity contribution in [3.8, 4) is 0 Å². The lowest BCUT2D eigenvalue weighted by molar-refractivity contribution is -0.0999. The highest BCUT2D eigenvalue weighted by Gasteiger charge is 2.29. The Kier molecular flexibility index (Phi) is 6.79. The molecule has 0 aliphatic heterocycles. The molecule has 0 amide bonds. The van der Waals surface area contributed by atoms with Crippen LogP contribution >= 0.6 is 11.8 Å². The molecular formula is C19H21N3O5S. The summed E-state index contributed by atoms with van der Waals surface area (Å²) in [6.07, 6.45) is -5.52. The Bertz CT molecular complexity index is 934. The summed E-state index contributed by atoms with van der Waals surface area (Å²) in [4.78, 5) is 13.4. The lowest BCUT2D eigenvalue weighted by atomic mass is 10.0. The van der Waals surface area contributed by atoms with Crippen LogP contribution in [0.5, 0.6) is 0 Å². The summed E-state index contributed by atoms with van der Waals surface area (Å²) < 4.78 is 0. The molecule has 4 atom stereocenters. The van der Waals surface area contributed by atoms with Crippen LogP contribution in [0, 0.1) is 0 Å². The van der Waals surface area contributed by atoms with Crippen molar-refractivity contribution in [2.24, 2.45) is 4.99 Å². The van der Waals surface area contributed by atoms with E-state index in [9.17, 15) is 20.4 Å². The van der Waals surface area contributed by atoms with Gasteiger partial charge in [0.25, 0.3) is 0 Å². The van der Waals surface area contributed by atoms with E-state index in [-0.39, 0.29) is 5.95 Å². The topological polar surface area (TPSA) is 142 Å². The van der Waals surface area contributed by atoms with Crippen LogP contribution in [0.1, 0.15) is 0 Å². The molecular weight excluding hydrogens is 382 g/mol. The number of nitrogens with zero attached hydrogens (tertiary/aromatic N) is 2. The molecule has 9 heteroatoms. The quantitative estimate of drug-likeness (QED) is 0.306. The molecule has 0 saturated carbocycles. The van der Waals surface area contributed by atoms with Crippen LogP contribution in [-0.2, 0) is 0 Å². The highest BCUT2D eigenvalue weighted by molar-refractivity contribution is 7.99. The van der Waals surface area contributed by atoms with Gasteiger partial charge in [0.05, 0.1) is 17.6 Å². The van der Waals surface area contributed by atoms with Crippen molar-refractivity contribution in [2.75, 3.05) is 6.61 Å². The Morgan fingerprint density at radius 1 is 1.00 bits per heavy atom. The predicted molar refractivity (Wildman–Crippen MR) is 106 cm³/mol. The highest BCUT2D eigenvalue weighted by Crippen LogP contribution is 2.30. The summed E-state index contributed by atoms with van der Waals surface area (Å²) in [5, 5.41) is 47.4. The first-order chi connectivity index (χ1) is 13.5. The number of aliphatic hydroxyl groups is 5. The summed E-state index contributed by atoms with van der Waals surface area (Å²) >= 11 is 1.61. The van der Waals surface area contributed by atoms with Crippen molar-refractivity contribution in [1.29, 1.82) is 0 Å². The maximum absolute atomic E-state index is 9.88. The molecule has 0 radical (unpaired) electrons. The highest BCUT2D eigenvalue weighted by atomic mass is 32.2. The number of H-pyrrole nitrogens is 1. The van der Waals surface area contributed by atoms with Gasteiger partial charge < -0.3 is 30.5 Å². The molecule has 148 valence electrons. The van der Waals surface area contributed by atoms with Crippen molar-refractivity contribution >= 4 is 35.0 Å². The van der Waals surface area contributed by atoms with Crippen molar-refractivity contribution in [3.05, 3.63) is 48.5 Å². The minimum atomic E-state index is -1.71. The minimum Gasteiger partial charge on any atom is -0.394 e. The van der Waals surface area contributed by atoms with E-state index in [1.54, 1.807) is 11.8 Å². The maximum Gasteiger partial charge on any atom is 0.227 e. The Morgan fingerprint density at radius 2 is 1.75 bits per heavy atom.